The van der Waals surface area contributed by atoms with Crippen LogP contribution in [0, 0.1) is 12.3 Å². The Kier molecular flexibility index (Phi) is 0.686. The molecule has 0 amide bonds. The molecule has 0 heterocycles. The molecule has 0 heteroatoms. The first kappa shape index (κ1) is 3.49. The van der Waals surface area contributed by atoms with Gasteiger partial charge in [-0.3, -0.25) is 0 Å². The molecule has 0 atom stereocenters. The van der Waals surface area contributed by atoms with Crippen molar-refractivity contribution in [1.82, 2.24) is 0 Å². The van der Waals surface area contributed by atoms with E-state index in [1.54, 1.807) is 0 Å². The molecule has 0 fully saturated rings. The molecule has 0 bridgehead atoms. The molecule has 1 radical (unpaired) electrons. The van der Waals surface area contributed by atoms with Crippen LogP contribution in [-0.2, 0) is 0 Å². The third-order valence-corrected chi connectivity index (χ3v) is 0.808. The summed E-state index contributed by atoms with van der Waals surface area (Å²) in [4.78, 5) is 0. The van der Waals surface area contributed by atoms with Crippen LogP contribution in [-0.4, -0.2) is 0 Å². The molecule has 0 nitrogen and oxygen atoms in total. The fourth-order valence-electron chi connectivity index (χ4n) is 0.330. The molecule has 0 aromatic carbocycles. The topological polar surface area (TPSA) is 0 Å². The molecule has 0 spiro atoms. The van der Waals surface area contributed by atoms with Gasteiger partial charge >= 0.3 is 0 Å². The zero-order valence-electron chi connectivity index (χ0n) is 3.49. The number of hydrogen-bond donors (Lipinski definition) is 0. The van der Waals surface area contributed by atoms with Gasteiger partial charge in [0.1, 0.15) is 0 Å². The van der Waals surface area contributed by atoms with Crippen molar-refractivity contribution in [2.45, 2.75) is 12.8 Å². The Balaban J connectivity index is 2.22. The Bertz CT molecular complexity index is 112. The largest absolute Gasteiger partial charge is 0.0847 e. The van der Waals surface area contributed by atoms with Crippen molar-refractivity contribution in [1.29, 1.82) is 0 Å². The Hall–Kier alpha value is -0.700. The van der Waals surface area contributed by atoms with Crippen LogP contribution >= 0.6 is 0 Å². The minimum atomic E-state index is 0.764. The van der Waals surface area contributed by atoms with Crippen LogP contribution in [0.4, 0.5) is 0 Å². The molecule has 0 aromatic heterocycles. The van der Waals surface area contributed by atoms with Gasteiger partial charge in [0.25, 0.3) is 0 Å². The Morgan fingerprint density at radius 2 is 2.67 bits per heavy atom. The van der Waals surface area contributed by atoms with Gasteiger partial charge in [-0.05, 0) is 12.8 Å². The highest BCUT2D eigenvalue weighted by Gasteiger charge is 2.02. The number of rotatable bonds is 1. The number of hydrogen-bond acceptors (Lipinski definition) is 0. The summed E-state index contributed by atoms with van der Waals surface area (Å²) in [5.74, 6) is 2.31. The fourth-order valence-corrected chi connectivity index (χ4v) is 0.330. The maximum Gasteiger partial charge on any atom is 0.0312 e. The summed E-state index contributed by atoms with van der Waals surface area (Å²) < 4.78 is 0. The average Bonchev–Trinajstić information content (AvgIpc) is 2.21. The number of allylic oxidation sites excluding steroid dienone is 2. The van der Waals surface area contributed by atoms with Crippen LogP contribution in [0.1, 0.15) is 12.8 Å². The molecular weight excluding hydrogens is 72.1 g/mol. The van der Waals surface area contributed by atoms with Crippen LogP contribution in [0.5, 0.6) is 0 Å². The lowest BCUT2D eigenvalue weighted by atomic mass is 10.4. The molecular formula is C6H5. The predicted octanol–water partition coefficient (Wildman–Crippen LogP) is 1.30. The van der Waals surface area contributed by atoms with E-state index in [1.807, 2.05) is 0 Å². The smallest absolute Gasteiger partial charge is 0.0312 e. The first-order valence-corrected chi connectivity index (χ1v) is 2.01. The van der Waals surface area contributed by atoms with Gasteiger partial charge < -0.3 is 0 Å². The normalized spacial score (nSPS) is 15.5. The zero-order chi connectivity index (χ0) is 4.41. The lowest BCUT2D eigenvalue weighted by molar-refractivity contribution is 1.33. The molecule has 1 rings (SSSR count). The summed E-state index contributed by atoms with van der Waals surface area (Å²) in [5.41, 5.74) is 1.37. The van der Waals surface area contributed by atoms with E-state index in [2.05, 4.69) is 12.0 Å². The second kappa shape index (κ2) is 1.18. The summed E-state index contributed by atoms with van der Waals surface area (Å²) >= 11 is 0. The Labute approximate surface area is 37.9 Å². The summed E-state index contributed by atoms with van der Waals surface area (Å²) in [6.45, 7) is 0. The quantitative estimate of drug-likeness (QED) is 0.327. The molecule has 29 valence electrons. The highest BCUT2D eigenvalue weighted by Crippen LogP contribution is 2.20. The predicted molar refractivity (Wildman–Crippen MR) is 24.4 cm³/mol. The standard InChI is InChI=1S/C6H5/c1-2-3-6-4-5-6/h4H,3,5H2. The molecule has 6 heavy (non-hydrogen) atoms. The van der Waals surface area contributed by atoms with Crippen LogP contribution in [0.2, 0.25) is 0 Å². The molecule has 1 aliphatic carbocycles. The van der Waals surface area contributed by atoms with Gasteiger partial charge in [0.15, 0.2) is 0 Å². The monoisotopic (exact) mass is 77.0 g/mol. The molecule has 1 aliphatic rings. The van der Waals surface area contributed by atoms with Gasteiger partial charge in [-0.2, -0.15) is 0 Å². The third-order valence-electron chi connectivity index (χ3n) is 0.808. The second-order valence-electron chi connectivity index (χ2n) is 1.42. The Morgan fingerprint density at radius 3 is 2.83 bits per heavy atom. The van der Waals surface area contributed by atoms with Crippen LogP contribution in [0.25, 0.3) is 0 Å². The van der Waals surface area contributed by atoms with Gasteiger partial charge in [0.2, 0.25) is 0 Å². The summed E-state index contributed by atoms with van der Waals surface area (Å²) in [5, 5.41) is 0. The first-order chi connectivity index (χ1) is 2.93. The molecule has 0 aromatic rings. The van der Waals surface area contributed by atoms with Crippen molar-refractivity contribution < 1.29 is 0 Å². The minimum Gasteiger partial charge on any atom is -0.0847 e. The highest BCUT2D eigenvalue weighted by molar-refractivity contribution is 5.25. The average molecular weight is 77.1 g/mol. The van der Waals surface area contributed by atoms with E-state index < -0.39 is 0 Å². The highest BCUT2D eigenvalue weighted by atomic mass is 14.1. The molecule has 0 aliphatic heterocycles. The van der Waals surface area contributed by atoms with Crippen molar-refractivity contribution >= 4 is 0 Å². The van der Waals surface area contributed by atoms with Crippen LogP contribution in [0.3, 0.4) is 0 Å². The van der Waals surface area contributed by atoms with Gasteiger partial charge in [-0.1, -0.05) is 17.6 Å². The van der Waals surface area contributed by atoms with Gasteiger partial charge in [-0.25, -0.2) is 0 Å². The molecule has 0 unspecified atom stereocenters. The van der Waals surface area contributed by atoms with Crippen molar-refractivity contribution in [2.24, 2.45) is 0 Å². The van der Waals surface area contributed by atoms with Crippen LogP contribution < -0.4 is 0 Å². The van der Waals surface area contributed by atoms with E-state index in [1.165, 1.54) is 5.57 Å². The van der Waals surface area contributed by atoms with E-state index in [0.717, 1.165) is 12.8 Å². The fraction of sp³-hybridized carbons (Fsp3) is 0.333. The van der Waals surface area contributed by atoms with E-state index in [-0.39, 0.29) is 0 Å². The van der Waals surface area contributed by atoms with E-state index >= 15 is 0 Å². The lowest BCUT2D eigenvalue weighted by Gasteiger charge is -1.68. The van der Waals surface area contributed by atoms with E-state index in [0.29, 0.717) is 0 Å². The maximum atomic E-state index is 6.48. The second-order valence-corrected chi connectivity index (χ2v) is 1.42. The summed E-state index contributed by atoms with van der Waals surface area (Å²) in [6, 6.07) is 0. The Morgan fingerprint density at radius 1 is 2.00 bits per heavy atom. The van der Waals surface area contributed by atoms with Crippen molar-refractivity contribution in [3.05, 3.63) is 18.1 Å². The van der Waals surface area contributed by atoms with Crippen LogP contribution in [0.15, 0.2) is 11.6 Å². The van der Waals surface area contributed by atoms with Gasteiger partial charge in [0, 0.05) is 6.42 Å². The van der Waals surface area contributed by atoms with E-state index in [4.69, 9.17) is 6.42 Å². The SMILES string of the molecule is [C]#CCC1=CC1. The lowest BCUT2D eigenvalue weighted by Crippen LogP contribution is -1.53. The van der Waals surface area contributed by atoms with Crippen molar-refractivity contribution in [3.63, 3.8) is 0 Å². The van der Waals surface area contributed by atoms with Gasteiger partial charge in [0.05, 0.1) is 0 Å². The van der Waals surface area contributed by atoms with Crippen molar-refractivity contribution in [2.75, 3.05) is 0 Å². The molecule has 0 saturated carbocycles. The zero-order valence-corrected chi connectivity index (χ0v) is 3.49. The first-order valence-electron chi connectivity index (χ1n) is 2.01. The third kappa shape index (κ3) is 0.621. The van der Waals surface area contributed by atoms with E-state index in [9.17, 15) is 0 Å². The summed E-state index contributed by atoms with van der Waals surface area (Å²) in [7, 11) is 0. The molecule has 0 saturated heterocycles. The summed E-state index contributed by atoms with van der Waals surface area (Å²) in [6.07, 6.45) is 10.5. The van der Waals surface area contributed by atoms with Gasteiger partial charge in [-0.15, -0.1) is 0 Å². The maximum absolute atomic E-state index is 6.48. The molecule has 0 N–H and O–H groups in total. The minimum absolute atomic E-state index is 0.764. The van der Waals surface area contributed by atoms with Crippen molar-refractivity contribution in [3.8, 4) is 5.92 Å².